The number of aryl methyl sites for hydroxylation is 1. The quantitative estimate of drug-likeness (QED) is 0.182. The largest absolute Gasteiger partial charge is 0.380 e. The lowest BCUT2D eigenvalue weighted by molar-refractivity contribution is 0.0950. The molecule has 0 saturated heterocycles. The number of hydrogen-bond acceptors (Lipinski definition) is 8. The molecule has 0 unspecified atom stereocenters. The van der Waals surface area contributed by atoms with Crippen molar-refractivity contribution in [2.45, 2.75) is 31.7 Å². The summed E-state index contributed by atoms with van der Waals surface area (Å²) in [5.41, 5.74) is 10.4. The second-order valence-electron chi connectivity index (χ2n) is 9.15. The molecule has 0 spiro atoms. The van der Waals surface area contributed by atoms with E-state index in [4.69, 9.17) is 20.4 Å². The highest BCUT2D eigenvalue weighted by Crippen LogP contribution is 2.23. The van der Waals surface area contributed by atoms with Gasteiger partial charge in [0, 0.05) is 48.3 Å². The van der Waals surface area contributed by atoms with Crippen molar-refractivity contribution in [2.75, 3.05) is 44.0 Å². The molecule has 0 bridgehead atoms. The van der Waals surface area contributed by atoms with Crippen LogP contribution in [0.5, 0.6) is 0 Å². The first-order chi connectivity index (χ1) is 19.0. The van der Waals surface area contributed by atoms with Gasteiger partial charge in [0.25, 0.3) is 5.91 Å². The van der Waals surface area contributed by atoms with Crippen molar-refractivity contribution in [3.63, 3.8) is 0 Å². The zero-order valence-electron chi connectivity index (χ0n) is 22.8. The molecule has 204 valence electrons. The van der Waals surface area contributed by atoms with Crippen molar-refractivity contribution < 1.29 is 9.53 Å². The first-order valence-electron chi connectivity index (χ1n) is 13.2. The average molecular weight is 545 g/mol. The fourth-order valence-corrected chi connectivity index (χ4v) is 4.89. The highest BCUT2D eigenvalue weighted by Gasteiger charge is 2.11. The number of carbonyl (C=O) groups excluding carboxylic acids is 1. The number of hydrogen-bond donors (Lipinski definition) is 2. The van der Waals surface area contributed by atoms with Gasteiger partial charge in [-0.2, -0.15) is 0 Å². The summed E-state index contributed by atoms with van der Waals surface area (Å²) in [5.74, 6) is 0.788. The van der Waals surface area contributed by atoms with Gasteiger partial charge in [-0.15, -0.1) is 11.8 Å². The van der Waals surface area contributed by atoms with Gasteiger partial charge in [0.05, 0.1) is 35.8 Å². The summed E-state index contributed by atoms with van der Waals surface area (Å²) in [6, 6.07) is 17.7. The lowest BCUT2D eigenvalue weighted by Crippen LogP contribution is -2.26. The van der Waals surface area contributed by atoms with Crippen molar-refractivity contribution in [2.24, 2.45) is 5.73 Å². The van der Waals surface area contributed by atoms with Crippen molar-refractivity contribution in [1.82, 2.24) is 20.3 Å². The zero-order valence-corrected chi connectivity index (χ0v) is 23.6. The number of ether oxygens (including phenoxy) is 1. The fraction of sp³-hybridized carbons (Fsp3) is 0.333. The van der Waals surface area contributed by atoms with Gasteiger partial charge < -0.3 is 20.7 Å². The molecule has 3 aromatic heterocycles. The van der Waals surface area contributed by atoms with Gasteiger partial charge in [-0.05, 0) is 74.6 Å². The van der Waals surface area contributed by atoms with Crippen molar-refractivity contribution in [3.05, 3.63) is 77.6 Å². The first-order valence-corrected chi connectivity index (χ1v) is 14.4. The van der Waals surface area contributed by atoms with Gasteiger partial charge in [-0.1, -0.05) is 12.1 Å². The molecular formula is C30H36N6O2S. The number of anilines is 1. The lowest BCUT2D eigenvalue weighted by atomic mass is 10.1. The summed E-state index contributed by atoms with van der Waals surface area (Å²) < 4.78 is 5.51. The normalized spacial score (nSPS) is 11.1. The molecule has 9 heteroatoms. The van der Waals surface area contributed by atoms with Crippen molar-refractivity contribution >= 4 is 34.4 Å². The molecule has 39 heavy (non-hydrogen) atoms. The molecule has 0 aliphatic rings. The van der Waals surface area contributed by atoms with Gasteiger partial charge in [-0.3, -0.25) is 9.78 Å². The van der Waals surface area contributed by atoms with E-state index in [0.29, 0.717) is 31.9 Å². The third kappa shape index (κ3) is 7.53. The number of aromatic nitrogens is 3. The predicted molar refractivity (Wildman–Crippen MR) is 159 cm³/mol. The van der Waals surface area contributed by atoms with Crippen LogP contribution in [0.1, 0.15) is 35.0 Å². The number of fused-ring (bicyclic) bond motifs is 1. The maximum atomic E-state index is 12.7. The average Bonchev–Trinajstić information content (AvgIpc) is 2.97. The number of nitrogens with two attached hydrogens (primary N) is 1. The molecule has 0 radical (unpaired) electrons. The Bertz CT molecular complexity index is 1410. The Morgan fingerprint density at radius 2 is 1.92 bits per heavy atom. The summed E-state index contributed by atoms with van der Waals surface area (Å²) in [5, 5.41) is 3.91. The minimum Gasteiger partial charge on any atom is -0.380 e. The number of nitrogens with one attached hydrogen (secondary N) is 1. The van der Waals surface area contributed by atoms with E-state index >= 15 is 0 Å². The smallest absolute Gasteiger partial charge is 0.251 e. The fourth-order valence-electron chi connectivity index (χ4n) is 4.25. The number of amides is 1. The third-order valence-corrected chi connectivity index (χ3v) is 7.29. The van der Waals surface area contributed by atoms with Crippen LogP contribution in [0, 0.1) is 6.92 Å². The molecule has 1 amide bonds. The second-order valence-corrected chi connectivity index (χ2v) is 10.00. The molecule has 0 aliphatic carbocycles. The minimum absolute atomic E-state index is 0.124. The van der Waals surface area contributed by atoms with Crippen molar-refractivity contribution in [3.8, 4) is 11.4 Å². The topological polar surface area (TPSA) is 106 Å². The SMILES string of the molecule is CCN(CCCOCCN)c1cccc(-c2ccc3cnc(CNC(=O)c4ccc(C)c(SC)c4)cc3n2)n1. The first kappa shape index (κ1) is 28.5. The van der Waals surface area contributed by atoms with Crippen LogP contribution >= 0.6 is 11.8 Å². The molecule has 0 aliphatic heterocycles. The van der Waals surface area contributed by atoms with Crippen LogP contribution in [0.25, 0.3) is 22.3 Å². The highest BCUT2D eigenvalue weighted by atomic mass is 32.2. The molecular weight excluding hydrogens is 508 g/mol. The molecule has 4 rings (SSSR count). The molecule has 1 aromatic carbocycles. The van der Waals surface area contributed by atoms with Gasteiger partial charge in [-0.25, -0.2) is 9.97 Å². The van der Waals surface area contributed by atoms with Crippen LogP contribution in [0.2, 0.25) is 0 Å². The highest BCUT2D eigenvalue weighted by molar-refractivity contribution is 7.98. The standard InChI is InChI=1S/C30H36N6O2S/c1-4-36(14-6-15-38-16-13-31)29-8-5-7-25(35-29)26-12-11-23-19-32-24(18-27(23)34-26)20-33-30(37)22-10-9-21(2)28(17-22)39-3/h5,7-12,17-19H,4,6,13-16,20,31H2,1-3H3,(H,33,37). The number of nitrogens with zero attached hydrogens (tertiary/aromatic N) is 4. The Morgan fingerprint density at radius 1 is 1.08 bits per heavy atom. The number of thioether (sulfide) groups is 1. The Kier molecular flexibility index (Phi) is 10.2. The number of benzene rings is 1. The number of carbonyl (C=O) groups is 1. The van der Waals surface area contributed by atoms with E-state index in [0.717, 1.165) is 63.8 Å². The molecule has 4 aromatic rings. The van der Waals surface area contributed by atoms with Crippen LogP contribution in [0.4, 0.5) is 5.82 Å². The van der Waals surface area contributed by atoms with E-state index in [1.54, 1.807) is 18.0 Å². The zero-order chi connectivity index (χ0) is 27.6. The summed E-state index contributed by atoms with van der Waals surface area (Å²) in [6.07, 6.45) is 4.71. The Labute approximate surface area is 234 Å². The maximum absolute atomic E-state index is 12.7. The van der Waals surface area contributed by atoms with Crippen LogP contribution < -0.4 is 16.0 Å². The van der Waals surface area contributed by atoms with Crippen LogP contribution in [0.3, 0.4) is 0 Å². The van der Waals surface area contributed by atoms with Crippen LogP contribution in [-0.2, 0) is 11.3 Å². The lowest BCUT2D eigenvalue weighted by Gasteiger charge is -2.22. The van der Waals surface area contributed by atoms with E-state index in [2.05, 4.69) is 22.1 Å². The van der Waals surface area contributed by atoms with Crippen molar-refractivity contribution in [1.29, 1.82) is 0 Å². The maximum Gasteiger partial charge on any atom is 0.251 e. The van der Waals surface area contributed by atoms with E-state index in [1.807, 2.05) is 67.8 Å². The molecule has 3 N–H and O–H groups in total. The van der Waals surface area contributed by atoms with E-state index < -0.39 is 0 Å². The van der Waals surface area contributed by atoms with Gasteiger partial charge in [0.1, 0.15) is 5.82 Å². The monoisotopic (exact) mass is 544 g/mol. The van der Waals surface area contributed by atoms with Gasteiger partial charge in [0.15, 0.2) is 0 Å². The molecule has 0 atom stereocenters. The molecule has 3 heterocycles. The number of pyridine rings is 3. The summed E-state index contributed by atoms with van der Waals surface area (Å²) in [7, 11) is 0. The number of rotatable bonds is 13. The van der Waals surface area contributed by atoms with E-state index in [9.17, 15) is 4.79 Å². The van der Waals surface area contributed by atoms with Crippen LogP contribution in [0.15, 0.2) is 65.7 Å². The summed E-state index contributed by atoms with van der Waals surface area (Å²) >= 11 is 1.63. The Balaban J connectivity index is 1.46. The second kappa shape index (κ2) is 14.0. The van der Waals surface area contributed by atoms with Gasteiger partial charge in [0.2, 0.25) is 0 Å². The Morgan fingerprint density at radius 3 is 2.72 bits per heavy atom. The summed E-state index contributed by atoms with van der Waals surface area (Å²) in [4.78, 5) is 30.4. The molecule has 8 nitrogen and oxygen atoms in total. The minimum atomic E-state index is -0.124. The predicted octanol–water partition coefficient (Wildman–Crippen LogP) is 4.84. The van der Waals surface area contributed by atoms with E-state index in [-0.39, 0.29) is 5.91 Å². The van der Waals surface area contributed by atoms with Crippen LogP contribution in [-0.4, -0.2) is 60.0 Å². The molecule has 0 saturated carbocycles. The van der Waals surface area contributed by atoms with E-state index in [1.165, 1.54) is 0 Å². The Hall–Kier alpha value is -3.53. The molecule has 0 fully saturated rings. The van der Waals surface area contributed by atoms with Gasteiger partial charge >= 0.3 is 0 Å². The summed E-state index contributed by atoms with van der Waals surface area (Å²) in [6.45, 7) is 7.99. The third-order valence-electron chi connectivity index (χ3n) is 6.41.